The number of anilines is 1. The van der Waals surface area contributed by atoms with Gasteiger partial charge in [0.15, 0.2) is 0 Å². The van der Waals surface area contributed by atoms with Crippen LogP contribution in [0.2, 0.25) is 0 Å². The number of nitrogens with one attached hydrogen (secondary N) is 2. The molecule has 0 saturated heterocycles. The summed E-state index contributed by atoms with van der Waals surface area (Å²) in [5.74, 6) is 0.151. The van der Waals surface area contributed by atoms with Crippen LogP contribution in [0.4, 0.5) is 10.5 Å². The van der Waals surface area contributed by atoms with Crippen molar-refractivity contribution in [2.24, 2.45) is 0 Å². The van der Waals surface area contributed by atoms with Gasteiger partial charge in [-0.25, -0.2) is 17.9 Å². The molecule has 0 aliphatic rings. The number of nitrogens with two attached hydrogens (primary N) is 1. The number of carbonyl (C=O) groups excluding carboxylic acids is 1. The highest BCUT2D eigenvalue weighted by Gasteiger charge is 2.20. The first-order valence-corrected chi connectivity index (χ1v) is 8.43. The van der Waals surface area contributed by atoms with Crippen LogP contribution in [0.25, 0.3) is 0 Å². The Hall–Kier alpha value is -2.00. The highest BCUT2D eigenvalue weighted by atomic mass is 32.2. The summed E-state index contributed by atoms with van der Waals surface area (Å²) < 4.78 is 36.9. The first kappa shape index (κ1) is 19.0. The fourth-order valence-electron chi connectivity index (χ4n) is 1.65. The van der Waals surface area contributed by atoms with E-state index in [2.05, 4.69) is 10.0 Å². The second-order valence-electron chi connectivity index (χ2n) is 5.74. The Kier molecular flexibility index (Phi) is 6.22. The fourth-order valence-corrected chi connectivity index (χ4v) is 2.83. The summed E-state index contributed by atoms with van der Waals surface area (Å²) in [6.45, 7) is 5.31. The molecule has 9 heteroatoms. The average Bonchev–Trinajstić information content (AvgIpc) is 2.41. The van der Waals surface area contributed by atoms with Gasteiger partial charge in [-0.1, -0.05) is 0 Å². The summed E-state index contributed by atoms with van der Waals surface area (Å²) in [7, 11) is -2.42. The Morgan fingerprint density at radius 3 is 2.48 bits per heavy atom. The quantitative estimate of drug-likeness (QED) is 0.524. The molecule has 0 unspecified atom stereocenters. The van der Waals surface area contributed by atoms with Gasteiger partial charge in [-0.05, 0) is 32.9 Å². The van der Waals surface area contributed by atoms with Gasteiger partial charge in [-0.15, -0.1) is 0 Å². The number of carbonyl (C=O) groups is 1. The molecule has 4 N–H and O–H groups in total. The van der Waals surface area contributed by atoms with E-state index in [0.29, 0.717) is 5.69 Å². The van der Waals surface area contributed by atoms with E-state index in [1.807, 2.05) is 0 Å². The molecule has 23 heavy (non-hydrogen) atoms. The van der Waals surface area contributed by atoms with E-state index in [-0.39, 0.29) is 23.7 Å². The average molecular weight is 345 g/mol. The highest BCUT2D eigenvalue weighted by molar-refractivity contribution is 7.89. The van der Waals surface area contributed by atoms with Crippen molar-refractivity contribution in [1.82, 2.24) is 10.0 Å². The molecule has 1 aromatic rings. The Morgan fingerprint density at radius 2 is 1.91 bits per heavy atom. The van der Waals surface area contributed by atoms with Crippen LogP contribution in [0.3, 0.4) is 0 Å². The summed E-state index contributed by atoms with van der Waals surface area (Å²) in [5, 5.41) is 2.46. The Morgan fingerprint density at radius 1 is 1.26 bits per heavy atom. The van der Waals surface area contributed by atoms with E-state index >= 15 is 0 Å². The van der Waals surface area contributed by atoms with Crippen LogP contribution in [-0.4, -0.2) is 40.3 Å². The maximum Gasteiger partial charge on any atom is 0.407 e. The fraction of sp³-hybridized carbons (Fsp3) is 0.500. The molecule has 0 spiro atoms. The molecule has 0 radical (unpaired) electrons. The van der Waals surface area contributed by atoms with E-state index in [9.17, 15) is 13.2 Å². The van der Waals surface area contributed by atoms with Crippen molar-refractivity contribution in [3.05, 3.63) is 18.2 Å². The van der Waals surface area contributed by atoms with Crippen LogP contribution >= 0.6 is 0 Å². The largest absolute Gasteiger partial charge is 0.495 e. The molecule has 8 nitrogen and oxygen atoms in total. The maximum atomic E-state index is 12.2. The number of nitrogen functional groups attached to an aromatic ring is 1. The maximum absolute atomic E-state index is 12.2. The minimum atomic E-state index is -3.78. The number of amides is 1. The Balaban J connectivity index is 2.59. The number of methoxy groups -OCH3 is 1. The van der Waals surface area contributed by atoms with Crippen molar-refractivity contribution in [2.75, 3.05) is 25.9 Å². The number of hydrogen-bond acceptors (Lipinski definition) is 6. The summed E-state index contributed by atoms with van der Waals surface area (Å²) in [4.78, 5) is 11.4. The van der Waals surface area contributed by atoms with E-state index in [1.54, 1.807) is 20.8 Å². The molecular formula is C14H23N3O5S. The van der Waals surface area contributed by atoms with Crippen LogP contribution in [0.1, 0.15) is 20.8 Å². The molecule has 0 aliphatic heterocycles. The van der Waals surface area contributed by atoms with Crippen LogP contribution in [-0.2, 0) is 14.8 Å². The SMILES string of the molecule is COc1cc(N)ccc1S(=O)(=O)NCCNC(=O)OC(C)(C)C. The van der Waals surface area contributed by atoms with Gasteiger partial charge in [0.1, 0.15) is 16.2 Å². The van der Waals surface area contributed by atoms with Crippen molar-refractivity contribution in [3.8, 4) is 5.75 Å². The second kappa shape index (κ2) is 7.51. The summed E-state index contributed by atoms with van der Waals surface area (Å²) >= 11 is 0. The number of ether oxygens (including phenoxy) is 2. The van der Waals surface area contributed by atoms with Crippen molar-refractivity contribution in [2.45, 2.75) is 31.3 Å². The molecule has 1 rings (SSSR count). The number of sulfonamides is 1. The van der Waals surface area contributed by atoms with E-state index < -0.39 is 21.7 Å². The molecular weight excluding hydrogens is 322 g/mol. The van der Waals surface area contributed by atoms with Crippen LogP contribution in [0.15, 0.2) is 23.1 Å². The lowest BCUT2D eigenvalue weighted by Crippen LogP contribution is -2.37. The molecule has 0 aliphatic carbocycles. The minimum absolute atomic E-state index is 0.00903. The van der Waals surface area contributed by atoms with Crippen LogP contribution < -0.4 is 20.5 Å². The third kappa shape index (κ3) is 6.33. The normalized spacial score (nSPS) is 11.8. The van der Waals surface area contributed by atoms with Crippen LogP contribution in [0, 0.1) is 0 Å². The predicted octanol–water partition coefficient (Wildman–Crippen LogP) is 1.08. The number of hydrogen-bond donors (Lipinski definition) is 3. The van der Waals surface area contributed by atoms with E-state index in [1.165, 1.54) is 25.3 Å². The van der Waals surface area contributed by atoms with Crippen molar-refractivity contribution >= 4 is 21.8 Å². The monoisotopic (exact) mass is 345 g/mol. The van der Waals surface area contributed by atoms with Gasteiger partial charge in [0.05, 0.1) is 7.11 Å². The Bertz CT molecular complexity index is 653. The van der Waals surface area contributed by atoms with Gasteiger partial charge < -0.3 is 20.5 Å². The van der Waals surface area contributed by atoms with Crippen molar-refractivity contribution in [3.63, 3.8) is 0 Å². The molecule has 0 fully saturated rings. The number of rotatable bonds is 6. The van der Waals surface area contributed by atoms with Gasteiger partial charge >= 0.3 is 6.09 Å². The smallest absolute Gasteiger partial charge is 0.407 e. The van der Waals surface area contributed by atoms with Gasteiger partial charge in [0.25, 0.3) is 0 Å². The van der Waals surface area contributed by atoms with Gasteiger partial charge in [0, 0.05) is 24.8 Å². The molecule has 1 amide bonds. The lowest BCUT2D eigenvalue weighted by atomic mass is 10.2. The summed E-state index contributed by atoms with van der Waals surface area (Å²) in [6.07, 6.45) is -0.609. The number of alkyl carbamates (subject to hydrolysis) is 1. The standard InChI is InChI=1S/C14H23N3O5S/c1-14(2,3)22-13(18)16-7-8-17-23(19,20)12-6-5-10(15)9-11(12)21-4/h5-6,9,17H,7-8,15H2,1-4H3,(H,16,18). The third-order valence-electron chi connectivity index (χ3n) is 2.56. The second-order valence-corrected chi connectivity index (χ2v) is 7.47. The van der Waals surface area contributed by atoms with Crippen molar-refractivity contribution in [1.29, 1.82) is 0 Å². The Labute approximate surface area is 136 Å². The predicted molar refractivity (Wildman–Crippen MR) is 86.8 cm³/mol. The molecule has 1 aromatic carbocycles. The van der Waals surface area contributed by atoms with E-state index in [4.69, 9.17) is 15.2 Å². The molecule has 0 heterocycles. The minimum Gasteiger partial charge on any atom is -0.495 e. The zero-order chi connectivity index (χ0) is 17.7. The molecule has 130 valence electrons. The third-order valence-corrected chi connectivity index (χ3v) is 4.06. The van der Waals surface area contributed by atoms with Gasteiger partial charge in [-0.2, -0.15) is 0 Å². The highest BCUT2D eigenvalue weighted by Crippen LogP contribution is 2.25. The molecule has 0 atom stereocenters. The van der Waals surface area contributed by atoms with Gasteiger partial charge in [0.2, 0.25) is 10.0 Å². The lowest BCUT2D eigenvalue weighted by molar-refractivity contribution is 0.0529. The first-order chi connectivity index (χ1) is 10.5. The topological polar surface area (TPSA) is 120 Å². The summed E-state index contributed by atoms with van der Waals surface area (Å²) in [6, 6.07) is 4.25. The van der Waals surface area contributed by atoms with E-state index in [0.717, 1.165) is 0 Å². The van der Waals surface area contributed by atoms with Crippen LogP contribution in [0.5, 0.6) is 5.75 Å². The molecule has 0 saturated carbocycles. The first-order valence-electron chi connectivity index (χ1n) is 6.95. The lowest BCUT2D eigenvalue weighted by Gasteiger charge is -2.19. The molecule has 0 bridgehead atoms. The zero-order valence-corrected chi connectivity index (χ0v) is 14.5. The zero-order valence-electron chi connectivity index (χ0n) is 13.7. The van der Waals surface area contributed by atoms with Gasteiger partial charge in [-0.3, -0.25) is 0 Å². The van der Waals surface area contributed by atoms with Crippen molar-refractivity contribution < 1.29 is 22.7 Å². The molecule has 0 aromatic heterocycles. The number of benzene rings is 1. The summed E-state index contributed by atoms with van der Waals surface area (Å²) in [5.41, 5.74) is 5.38.